The van der Waals surface area contributed by atoms with E-state index in [-0.39, 0.29) is 11.8 Å². The van der Waals surface area contributed by atoms with E-state index in [0.717, 1.165) is 16.5 Å². The predicted molar refractivity (Wildman–Crippen MR) is 77.8 cm³/mol. The van der Waals surface area contributed by atoms with Crippen molar-refractivity contribution in [3.05, 3.63) is 42.1 Å². The molecule has 0 saturated heterocycles. The van der Waals surface area contributed by atoms with Crippen LogP contribution in [0, 0.1) is 0 Å². The van der Waals surface area contributed by atoms with Crippen LogP contribution in [0.3, 0.4) is 0 Å². The molecule has 1 aromatic carbocycles. The van der Waals surface area contributed by atoms with Crippen LogP contribution >= 0.6 is 0 Å². The summed E-state index contributed by atoms with van der Waals surface area (Å²) in [6.45, 7) is 2.53. The summed E-state index contributed by atoms with van der Waals surface area (Å²) in [6, 6.07) is 9.93. The third-order valence-corrected chi connectivity index (χ3v) is 3.98. The van der Waals surface area contributed by atoms with Crippen LogP contribution in [0.5, 0.6) is 0 Å². The second-order valence-corrected chi connectivity index (χ2v) is 7.09. The van der Waals surface area contributed by atoms with Crippen molar-refractivity contribution < 1.29 is 8.42 Å². The zero-order valence-corrected chi connectivity index (χ0v) is 11.9. The molecule has 0 amide bonds. The van der Waals surface area contributed by atoms with E-state index in [4.69, 9.17) is 0 Å². The summed E-state index contributed by atoms with van der Waals surface area (Å²) in [4.78, 5) is 4.27. The second kappa shape index (κ2) is 5.67. The first-order valence-electron chi connectivity index (χ1n) is 6.19. The van der Waals surface area contributed by atoms with Gasteiger partial charge in [0.2, 0.25) is 0 Å². The van der Waals surface area contributed by atoms with Crippen LogP contribution in [0.15, 0.2) is 36.5 Å². The molecule has 1 heterocycles. The maximum absolute atomic E-state index is 11.2. The average Bonchev–Trinajstić information content (AvgIpc) is 2.34. The summed E-state index contributed by atoms with van der Waals surface area (Å²) in [5.41, 5.74) is 2.09. The van der Waals surface area contributed by atoms with Crippen LogP contribution in [0.1, 0.15) is 12.5 Å². The van der Waals surface area contributed by atoms with E-state index in [1.54, 1.807) is 6.20 Å². The van der Waals surface area contributed by atoms with Crippen molar-refractivity contribution in [2.45, 2.75) is 19.5 Å². The van der Waals surface area contributed by atoms with Gasteiger partial charge in [0, 0.05) is 30.4 Å². The number of nitrogens with one attached hydrogen (secondary N) is 1. The molecule has 0 aliphatic carbocycles. The van der Waals surface area contributed by atoms with Gasteiger partial charge in [-0.1, -0.05) is 12.1 Å². The van der Waals surface area contributed by atoms with Gasteiger partial charge in [0.15, 0.2) is 0 Å². The summed E-state index contributed by atoms with van der Waals surface area (Å²) >= 11 is 0. The standard InChI is InChI=1S/C14H18N2O2S/c1-11(10-19(2,17)18)16-9-12-5-6-14-13(8-12)4-3-7-15-14/h3-8,11,16H,9-10H2,1-2H3. The first-order chi connectivity index (χ1) is 8.94. The van der Waals surface area contributed by atoms with E-state index < -0.39 is 9.84 Å². The highest BCUT2D eigenvalue weighted by atomic mass is 32.2. The summed E-state index contributed by atoms with van der Waals surface area (Å²) in [5.74, 6) is 0.155. The largest absolute Gasteiger partial charge is 0.309 e. The Balaban J connectivity index is 2.02. The van der Waals surface area contributed by atoms with Crippen molar-refractivity contribution in [1.29, 1.82) is 0 Å². The molecular formula is C14H18N2O2S. The molecule has 0 spiro atoms. The monoisotopic (exact) mass is 278 g/mol. The molecular weight excluding hydrogens is 260 g/mol. The van der Waals surface area contributed by atoms with E-state index in [0.29, 0.717) is 6.54 Å². The number of sulfone groups is 1. The smallest absolute Gasteiger partial charge is 0.148 e. The third-order valence-electron chi connectivity index (χ3n) is 2.87. The first-order valence-corrected chi connectivity index (χ1v) is 8.25. The normalized spacial score (nSPS) is 13.6. The molecule has 2 aromatic rings. The molecule has 19 heavy (non-hydrogen) atoms. The lowest BCUT2D eigenvalue weighted by molar-refractivity contribution is 0.560. The van der Waals surface area contributed by atoms with E-state index >= 15 is 0 Å². The molecule has 2 rings (SSSR count). The van der Waals surface area contributed by atoms with Gasteiger partial charge in [-0.15, -0.1) is 0 Å². The summed E-state index contributed by atoms with van der Waals surface area (Å²) in [6.07, 6.45) is 3.03. The second-order valence-electron chi connectivity index (χ2n) is 4.90. The van der Waals surface area contributed by atoms with Gasteiger partial charge in [0.1, 0.15) is 9.84 Å². The highest BCUT2D eigenvalue weighted by Gasteiger charge is 2.09. The van der Waals surface area contributed by atoms with Crippen LogP contribution in [0.25, 0.3) is 10.9 Å². The van der Waals surface area contributed by atoms with Gasteiger partial charge >= 0.3 is 0 Å². The maximum atomic E-state index is 11.2. The Morgan fingerprint density at radius 2 is 2.11 bits per heavy atom. The molecule has 0 radical (unpaired) electrons. The summed E-state index contributed by atoms with van der Waals surface area (Å²) in [7, 11) is -2.93. The van der Waals surface area contributed by atoms with Crippen LogP contribution in [0.4, 0.5) is 0 Å². The molecule has 0 fully saturated rings. The van der Waals surface area contributed by atoms with Gasteiger partial charge in [-0.25, -0.2) is 8.42 Å². The number of rotatable bonds is 5. The fourth-order valence-corrected chi connectivity index (χ4v) is 3.07. The Morgan fingerprint density at radius 1 is 1.32 bits per heavy atom. The Kier molecular flexibility index (Phi) is 4.17. The van der Waals surface area contributed by atoms with Crippen molar-refractivity contribution in [2.24, 2.45) is 0 Å². The number of nitrogens with zero attached hydrogens (tertiary/aromatic N) is 1. The van der Waals surface area contributed by atoms with E-state index in [1.807, 2.05) is 31.2 Å². The first kappa shape index (κ1) is 14.0. The van der Waals surface area contributed by atoms with Crippen LogP contribution in [-0.4, -0.2) is 31.5 Å². The number of hydrogen-bond acceptors (Lipinski definition) is 4. The molecule has 4 nitrogen and oxygen atoms in total. The van der Waals surface area contributed by atoms with E-state index in [2.05, 4.69) is 16.4 Å². The minimum atomic E-state index is -2.93. The highest BCUT2D eigenvalue weighted by molar-refractivity contribution is 7.90. The lowest BCUT2D eigenvalue weighted by atomic mass is 10.1. The number of pyridine rings is 1. The molecule has 1 N–H and O–H groups in total. The lowest BCUT2D eigenvalue weighted by Crippen LogP contribution is -2.32. The number of fused-ring (bicyclic) bond motifs is 1. The average molecular weight is 278 g/mol. The maximum Gasteiger partial charge on any atom is 0.148 e. The van der Waals surface area contributed by atoms with Crippen molar-refractivity contribution in [1.82, 2.24) is 10.3 Å². The van der Waals surface area contributed by atoms with Gasteiger partial charge in [-0.05, 0) is 30.7 Å². The van der Waals surface area contributed by atoms with Crippen LogP contribution < -0.4 is 5.32 Å². The molecule has 1 atom stereocenters. The zero-order chi connectivity index (χ0) is 13.9. The van der Waals surface area contributed by atoms with Crippen molar-refractivity contribution in [2.75, 3.05) is 12.0 Å². The van der Waals surface area contributed by atoms with Crippen molar-refractivity contribution in [3.8, 4) is 0 Å². The predicted octanol–water partition coefficient (Wildman–Crippen LogP) is 1.76. The van der Waals surface area contributed by atoms with Crippen LogP contribution in [0.2, 0.25) is 0 Å². The number of hydrogen-bond donors (Lipinski definition) is 1. The SMILES string of the molecule is CC(CS(C)(=O)=O)NCc1ccc2ncccc2c1. The summed E-state index contributed by atoms with van der Waals surface area (Å²) < 4.78 is 22.4. The molecule has 0 saturated carbocycles. The number of aromatic nitrogens is 1. The highest BCUT2D eigenvalue weighted by Crippen LogP contribution is 2.13. The topological polar surface area (TPSA) is 59.1 Å². The summed E-state index contributed by atoms with van der Waals surface area (Å²) in [5, 5.41) is 4.32. The Hall–Kier alpha value is -1.46. The molecule has 1 aromatic heterocycles. The van der Waals surface area contributed by atoms with E-state index in [1.165, 1.54) is 6.26 Å². The quantitative estimate of drug-likeness (QED) is 0.905. The minimum absolute atomic E-state index is 0.0559. The third kappa shape index (κ3) is 4.29. The molecule has 5 heteroatoms. The molecule has 102 valence electrons. The molecule has 0 bridgehead atoms. The van der Waals surface area contributed by atoms with Crippen molar-refractivity contribution in [3.63, 3.8) is 0 Å². The van der Waals surface area contributed by atoms with Gasteiger partial charge in [0.05, 0.1) is 11.3 Å². The van der Waals surface area contributed by atoms with Gasteiger partial charge in [-0.3, -0.25) is 4.98 Å². The van der Waals surface area contributed by atoms with Gasteiger partial charge in [-0.2, -0.15) is 0 Å². The fraction of sp³-hybridized carbons (Fsp3) is 0.357. The van der Waals surface area contributed by atoms with Crippen LogP contribution in [-0.2, 0) is 16.4 Å². The number of benzene rings is 1. The van der Waals surface area contributed by atoms with Crippen molar-refractivity contribution >= 4 is 20.7 Å². The van der Waals surface area contributed by atoms with Gasteiger partial charge in [0.25, 0.3) is 0 Å². The fourth-order valence-electron chi connectivity index (χ4n) is 2.04. The molecule has 0 aliphatic heterocycles. The molecule has 0 aliphatic rings. The molecule has 1 unspecified atom stereocenters. The minimum Gasteiger partial charge on any atom is -0.309 e. The van der Waals surface area contributed by atoms with Gasteiger partial charge < -0.3 is 5.32 Å². The Bertz CT molecular complexity index is 668. The lowest BCUT2D eigenvalue weighted by Gasteiger charge is -2.12. The Labute approximate surface area is 113 Å². The Morgan fingerprint density at radius 3 is 2.84 bits per heavy atom. The zero-order valence-electron chi connectivity index (χ0n) is 11.1. The van der Waals surface area contributed by atoms with E-state index in [9.17, 15) is 8.42 Å².